The van der Waals surface area contributed by atoms with E-state index in [4.69, 9.17) is 0 Å². The van der Waals surface area contributed by atoms with Gasteiger partial charge in [0.2, 0.25) is 0 Å². The summed E-state index contributed by atoms with van der Waals surface area (Å²) in [5, 5.41) is 3.53. The maximum atomic E-state index is 3.53. The molecule has 14 heavy (non-hydrogen) atoms. The predicted molar refractivity (Wildman–Crippen MR) is 61.4 cm³/mol. The largest absolute Gasteiger partial charge is 0.316 e. The van der Waals surface area contributed by atoms with Gasteiger partial charge in [-0.25, -0.2) is 0 Å². The Bertz CT molecular complexity index is 340. The van der Waals surface area contributed by atoms with E-state index in [1.165, 1.54) is 36.0 Å². The van der Waals surface area contributed by atoms with Crippen LogP contribution >= 0.6 is 15.9 Å². The minimum absolute atomic E-state index is 0.633. The molecule has 1 aromatic carbocycles. The van der Waals surface area contributed by atoms with Crippen LogP contribution in [0.4, 0.5) is 0 Å². The lowest BCUT2D eigenvalue weighted by molar-refractivity contribution is 0.502. The fraction of sp³-hybridized carbons (Fsp3) is 0.500. The maximum Gasteiger partial charge on any atom is 0.0175 e. The Morgan fingerprint density at radius 1 is 1.21 bits per heavy atom. The van der Waals surface area contributed by atoms with Crippen molar-refractivity contribution in [2.24, 2.45) is 5.41 Å². The Morgan fingerprint density at radius 2 is 1.93 bits per heavy atom. The molecule has 1 atom stereocenters. The van der Waals surface area contributed by atoms with Crippen LogP contribution in [0.3, 0.4) is 0 Å². The zero-order valence-corrected chi connectivity index (χ0v) is 9.68. The molecule has 1 unspecified atom stereocenters. The van der Waals surface area contributed by atoms with Crippen molar-refractivity contribution in [2.75, 3.05) is 13.1 Å². The number of rotatable bonds is 1. The van der Waals surface area contributed by atoms with Crippen molar-refractivity contribution in [3.8, 4) is 0 Å². The van der Waals surface area contributed by atoms with Gasteiger partial charge in [-0.15, -0.1) is 0 Å². The Balaban J connectivity index is 1.91. The first-order chi connectivity index (χ1) is 6.80. The lowest BCUT2D eigenvalue weighted by Gasteiger charge is -2.17. The number of halogens is 1. The van der Waals surface area contributed by atoms with Crippen LogP contribution in [0.15, 0.2) is 28.7 Å². The molecule has 2 aliphatic rings. The van der Waals surface area contributed by atoms with Crippen LogP contribution in [0.2, 0.25) is 0 Å². The summed E-state index contributed by atoms with van der Waals surface area (Å²) in [4.78, 5) is 0. The van der Waals surface area contributed by atoms with Crippen molar-refractivity contribution in [1.29, 1.82) is 0 Å². The summed E-state index contributed by atoms with van der Waals surface area (Å²) < 4.78 is 1.18. The van der Waals surface area contributed by atoms with E-state index in [2.05, 4.69) is 45.5 Å². The van der Waals surface area contributed by atoms with Crippen LogP contribution in [-0.2, 0) is 0 Å². The Hall–Kier alpha value is -0.340. The van der Waals surface area contributed by atoms with E-state index in [1.54, 1.807) is 0 Å². The molecule has 1 aromatic rings. The van der Waals surface area contributed by atoms with E-state index in [9.17, 15) is 0 Å². The Kier molecular flexibility index (Phi) is 1.96. The third-order valence-corrected chi connectivity index (χ3v) is 4.26. The molecule has 1 aliphatic carbocycles. The van der Waals surface area contributed by atoms with Crippen molar-refractivity contribution >= 4 is 15.9 Å². The zero-order chi connectivity index (χ0) is 9.60. The van der Waals surface area contributed by atoms with Gasteiger partial charge in [-0.1, -0.05) is 28.1 Å². The second-order valence-electron chi connectivity index (χ2n) is 4.60. The van der Waals surface area contributed by atoms with Gasteiger partial charge in [0.25, 0.3) is 0 Å². The van der Waals surface area contributed by atoms with E-state index < -0.39 is 0 Å². The summed E-state index contributed by atoms with van der Waals surface area (Å²) in [6, 6.07) is 8.84. The van der Waals surface area contributed by atoms with Crippen LogP contribution in [0.5, 0.6) is 0 Å². The van der Waals surface area contributed by atoms with E-state index in [1.807, 2.05) is 0 Å². The average Bonchev–Trinajstić information content (AvgIpc) is 2.82. The van der Waals surface area contributed by atoms with Gasteiger partial charge < -0.3 is 5.32 Å². The molecule has 2 fully saturated rings. The van der Waals surface area contributed by atoms with Gasteiger partial charge >= 0.3 is 0 Å². The topological polar surface area (TPSA) is 12.0 Å². The molecule has 0 amide bonds. The summed E-state index contributed by atoms with van der Waals surface area (Å²) in [7, 11) is 0. The molecule has 0 radical (unpaired) electrons. The molecule has 1 N–H and O–H groups in total. The second kappa shape index (κ2) is 3.07. The highest BCUT2D eigenvalue weighted by atomic mass is 79.9. The van der Waals surface area contributed by atoms with Crippen molar-refractivity contribution in [3.05, 3.63) is 34.3 Å². The van der Waals surface area contributed by atoms with Gasteiger partial charge in [0.05, 0.1) is 0 Å². The molecule has 0 aromatic heterocycles. The SMILES string of the molecule is Brc1ccc(C2CNCC23CC3)cc1. The van der Waals surface area contributed by atoms with Crippen molar-refractivity contribution in [2.45, 2.75) is 18.8 Å². The first-order valence-corrected chi connectivity index (χ1v) is 6.06. The predicted octanol–water partition coefficient (Wildman–Crippen LogP) is 2.92. The molecule has 1 heterocycles. The molecule has 3 rings (SSSR count). The average molecular weight is 252 g/mol. The molecule has 1 nitrogen and oxygen atoms in total. The standard InChI is InChI=1S/C12H14BrN/c13-10-3-1-9(2-4-10)11-7-14-8-12(11)5-6-12/h1-4,11,14H,5-8H2. The first kappa shape index (κ1) is 8.93. The van der Waals surface area contributed by atoms with Crippen molar-refractivity contribution < 1.29 is 0 Å². The van der Waals surface area contributed by atoms with Gasteiger partial charge in [0.15, 0.2) is 0 Å². The van der Waals surface area contributed by atoms with Gasteiger partial charge in [-0.3, -0.25) is 0 Å². The van der Waals surface area contributed by atoms with Crippen molar-refractivity contribution in [1.82, 2.24) is 5.32 Å². The Labute approximate surface area is 93.0 Å². The molecule has 0 bridgehead atoms. The lowest BCUT2D eigenvalue weighted by Crippen LogP contribution is -2.11. The summed E-state index contributed by atoms with van der Waals surface area (Å²) in [6.45, 7) is 2.40. The third-order valence-electron chi connectivity index (χ3n) is 3.73. The normalized spacial score (nSPS) is 28.2. The summed E-state index contributed by atoms with van der Waals surface area (Å²) >= 11 is 3.48. The zero-order valence-electron chi connectivity index (χ0n) is 8.09. The van der Waals surface area contributed by atoms with Gasteiger partial charge in [0, 0.05) is 23.5 Å². The highest BCUT2D eigenvalue weighted by Gasteiger charge is 2.52. The van der Waals surface area contributed by atoms with E-state index in [0.717, 1.165) is 5.92 Å². The van der Waals surface area contributed by atoms with Gasteiger partial charge in [0.1, 0.15) is 0 Å². The van der Waals surface area contributed by atoms with E-state index in [-0.39, 0.29) is 0 Å². The fourth-order valence-electron chi connectivity index (χ4n) is 2.66. The Morgan fingerprint density at radius 3 is 2.57 bits per heavy atom. The molecular formula is C12H14BrN. The quantitative estimate of drug-likeness (QED) is 0.810. The monoisotopic (exact) mass is 251 g/mol. The molecule has 1 saturated carbocycles. The van der Waals surface area contributed by atoms with E-state index in [0.29, 0.717) is 5.41 Å². The minimum atomic E-state index is 0.633. The van der Waals surface area contributed by atoms with Crippen LogP contribution in [0.1, 0.15) is 24.3 Å². The maximum absolute atomic E-state index is 3.53. The summed E-state index contributed by atoms with van der Waals surface area (Å²) in [6.07, 6.45) is 2.83. The number of hydrogen-bond donors (Lipinski definition) is 1. The van der Waals surface area contributed by atoms with Crippen LogP contribution < -0.4 is 5.32 Å². The lowest BCUT2D eigenvalue weighted by atomic mass is 9.86. The molecule has 74 valence electrons. The molecule has 2 heteroatoms. The van der Waals surface area contributed by atoms with Gasteiger partial charge in [-0.2, -0.15) is 0 Å². The number of hydrogen-bond acceptors (Lipinski definition) is 1. The number of benzene rings is 1. The minimum Gasteiger partial charge on any atom is -0.316 e. The highest BCUT2D eigenvalue weighted by Crippen LogP contribution is 2.57. The molecule has 1 saturated heterocycles. The fourth-order valence-corrected chi connectivity index (χ4v) is 2.92. The second-order valence-corrected chi connectivity index (χ2v) is 5.51. The molecule has 1 aliphatic heterocycles. The molecule has 1 spiro atoms. The smallest absolute Gasteiger partial charge is 0.0175 e. The van der Waals surface area contributed by atoms with Crippen molar-refractivity contribution in [3.63, 3.8) is 0 Å². The number of nitrogens with one attached hydrogen (secondary N) is 1. The summed E-state index contributed by atoms with van der Waals surface area (Å²) in [5.74, 6) is 0.760. The van der Waals surface area contributed by atoms with Crippen LogP contribution in [0, 0.1) is 5.41 Å². The third kappa shape index (κ3) is 1.32. The first-order valence-electron chi connectivity index (χ1n) is 5.26. The van der Waals surface area contributed by atoms with Crippen LogP contribution in [0.25, 0.3) is 0 Å². The van der Waals surface area contributed by atoms with Gasteiger partial charge in [-0.05, 0) is 36.0 Å². The summed E-state index contributed by atoms with van der Waals surface area (Å²) in [5.41, 5.74) is 2.14. The molecular weight excluding hydrogens is 238 g/mol. The highest BCUT2D eigenvalue weighted by molar-refractivity contribution is 9.10. The van der Waals surface area contributed by atoms with E-state index >= 15 is 0 Å². The van der Waals surface area contributed by atoms with Crippen LogP contribution in [-0.4, -0.2) is 13.1 Å².